The predicted octanol–water partition coefficient (Wildman–Crippen LogP) is 3.69. The number of carbonyl (C=O) groups excluding carboxylic acids is 2. The average molecular weight is 328 g/mol. The smallest absolute Gasteiger partial charge is 0.410 e. The van der Waals surface area contributed by atoms with E-state index >= 15 is 0 Å². The minimum atomic E-state index is -0.543. The zero-order valence-corrected chi connectivity index (χ0v) is 15.8. The Balaban J connectivity index is 2.71. The highest BCUT2D eigenvalue weighted by molar-refractivity contribution is 5.70. The fraction of sp³-hybridized carbons (Fsp3) is 0.882. The van der Waals surface area contributed by atoms with Crippen molar-refractivity contribution in [1.82, 2.24) is 10.2 Å². The maximum atomic E-state index is 12.4. The van der Waals surface area contributed by atoms with E-state index in [1.807, 2.05) is 55.4 Å². The Morgan fingerprint density at radius 1 is 1.04 bits per heavy atom. The number of piperidine rings is 1. The Bertz CT molecular complexity index is 446. The van der Waals surface area contributed by atoms with E-state index in [1.165, 1.54) is 0 Å². The molecule has 0 aromatic carbocycles. The Hall–Kier alpha value is -1.46. The van der Waals surface area contributed by atoms with Crippen molar-refractivity contribution in [2.24, 2.45) is 0 Å². The second-order valence-electron chi connectivity index (χ2n) is 8.79. The van der Waals surface area contributed by atoms with Crippen LogP contribution in [0.5, 0.6) is 0 Å². The number of nitrogens with one attached hydrogen (secondary N) is 1. The Morgan fingerprint density at radius 3 is 2.04 bits per heavy atom. The van der Waals surface area contributed by atoms with Gasteiger partial charge in [-0.15, -0.1) is 0 Å². The highest BCUT2D eigenvalue weighted by Crippen LogP contribution is 2.29. The lowest BCUT2D eigenvalue weighted by Crippen LogP contribution is -2.59. The first kappa shape index (κ1) is 19.6. The Kier molecular flexibility index (Phi) is 5.60. The monoisotopic (exact) mass is 328 g/mol. The molecule has 1 saturated heterocycles. The SMILES string of the molecule is CC(C)(C)OC(=O)NC1CCC(C)(C)N(C(=O)OC(C)(C)C)C1. The molecule has 134 valence electrons. The van der Waals surface area contributed by atoms with Crippen LogP contribution in [-0.2, 0) is 9.47 Å². The van der Waals surface area contributed by atoms with Crippen molar-refractivity contribution in [1.29, 1.82) is 0 Å². The molecule has 1 N–H and O–H groups in total. The molecule has 0 spiro atoms. The zero-order valence-electron chi connectivity index (χ0n) is 15.8. The summed E-state index contributed by atoms with van der Waals surface area (Å²) in [6.45, 7) is 15.5. The van der Waals surface area contributed by atoms with E-state index in [-0.39, 0.29) is 17.7 Å². The third-order valence-electron chi connectivity index (χ3n) is 3.57. The van der Waals surface area contributed by atoms with Gasteiger partial charge in [0, 0.05) is 12.1 Å². The number of carbonyl (C=O) groups is 2. The van der Waals surface area contributed by atoms with Crippen LogP contribution < -0.4 is 5.32 Å². The molecule has 0 bridgehead atoms. The van der Waals surface area contributed by atoms with Gasteiger partial charge in [0.15, 0.2) is 0 Å². The van der Waals surface area contributed by atoms with Gasteiger partial charge < -0.3 is 19.7 Å². The molecule has 0 aliphatic carbocycles. The topological polar surface area (TPSA) is 67.9 Å². The molecule has 1 fully saturated rings. The van der Waals surface area contributed by atoms with Crippen LogP contribution in [0, 0.1) is 0 Å². The van der Waals surface area contributed by atoms with Crippen LogP contribution >= 0.6 is 0 Å². The summed E-state index contributed by atoms with van der Waals surface area (Å²) in [4.78, 5) is 26.1. The van der Waals surface area contributed by atoms with E-state index in [1.54, 1.807) is 4.90 Å². The second-order valence-corrected chi connectivity index (χ2v) is 8.79. The van der Waals surface area contributed by atoms with Gasteiger partial charge >= 0.3 is 12.2 Å². The number of amides is 2. The Labute approximate surface area is 139 Å². The van der Waals surface area contributed by atoms with E-state index in [9.17, 15) is 9.59 Å². The van der Waals surface area contributed by atoms with Crippen LogP contribution in [-0.4, -0.2) is 46.4 Å². The van der Waals surface area contributed by atoms with Gasteiger partial charge in [0.25, 0.3) is 0 Å². The summed E-state index contributed by atoms with van der Waals surface area (Å²) >= 11 is 0. The van der Waals surface area contributed by atoms with Crippen molar-refractivity contribution < 1.29 is 19.1 Å². The van der Waals surface area contributed by atoms with Crippen LogP contribution in [0.15, 0.2) is 0 Å². The van der Waals surface area contributed by atoms with Crippen LogP contribution in [0.1, 0.15) is 68.2 Å². The van der Waals surface area contributed by atoms with E-state index < -0.39 is 17.3 Å². The maximum absolute atomic E-state index is 12.4. The molecule has 23 heavy (non-hydrogen) atoms. The first-order valence-electron chi connectivity index (χ1n) is 8.20. The number of likely N-dealkylation sites (tertiary alicyclic amines) is 1. The fourth-order valence-electron chi connectivity index (χ4n) is 2.45. The molecule has 0 aromatic heterocycles. The standard InChI is InChI=1S/C17H32N2O4/c1-15(2,3)22-13(20)18-12-9-10-17(7,8)19(11-12)14(21)23-16(4,5)6/h12H,9-11H2,1-8H3,(H,18,20). The van der Waals surface area contributed by atoms with Crippen molar-refractivity contribution in [3.8, 4) is 0 Å². The molecule has 1 aliphatic heterocycles. The molecular formula is C17H32N2O4. The molecule has 0 saturated carbocycles. The van der Waals surface area contributed by atoms with Crippen molar-refractivity contribution in [3.63, 3.8) is 0 Å². The first-order valence-corrected chi connectivity index (χ1v) is 8.20. The van der Waals surface area contributed by atoms with Crippen LogP contribution in [0.3, 0.4) is 0 Å². The third kappa shape index (κ3) is 6.67. The third-order valence-corrected chi connectivity index (χ3v) is 3.57. The van der Waals surface area contributed by atoms with E-state index in [0.29, 0.717) is 6.54 Å². The van der Waals surface area contributed by atoms with Crippen molar-refractivity contribution in [3.05, 3.63) is 0 Å². The number of alkyl carbamates (subject to hydrolysis) is 1. The molecule has 0 radical (unpaired) electrons. The van der Waals surface area contributed by atoms with Crippen LogP contribution in [0.25, 0.3) is 0 Å². The van der Waals surface area contributed by atoms with Gasteiger partial charge in [0.05, 0.1) is 6.04 Å². The number of hydrogen-bond donors (Lipinski definition) is 1. The Morgan fingerprint density at radius 2 is 1.57 bits per heavy atom. The minimum absolute atomic E-state index is 0.134. The summed E-state index contributed by atoms with van der Waals surface area (Å²) in [7, 11) is 0. The maximum Gasteiger partial charge on any atom is 0.410 e. The van der Waals surface area contributed by atoms with Gasteiger partial charge in [0.1, 0.15) is 11.2 Å². The summed E-state index contributed by atoms with van der Waals surface area (Å²) in [5, 5.41) is 2.85. The molecule has 0 aromatic rings. The lowest BCUT2D eigenvalue weighted by molar-refractivity contribution is -0.0135. The van der Waals surface area contributed by atoms with Crippen molar-refractivity contribution in [2.45, 2.75) is 91.0 Å². The molecule has 1 unspecified atom stereocenters. The molecule has 1 aliphatic rings. The van der Waals surface area contributed by atoms with Gasteiger partial charge in [-0.3, -0.25) is 0 Å². The quantitative estimate of drug-likeness (QED) is 0.797. The average Bonchev–Trinajstić information content (AvgIpc) is 2.26. The first-order chi connectivity index (χ1) is 10.2. The summed E-state index contributed by atoms with van der Waals surface area (Å²) in [6.07, 6.45) is 0.780. The molecule has 6 heteroatoms. The lowest BCUT2D eigenvalue weighted by atomic mass is 9.88. The summed E-state index contributed by atoms with van der Waals surface area (Å²) in [5.74, 6) is 0. The van der Waals surface area contributed by atoms with Gasteiger partial charge in [-0.25, -0.2) is 9.59 Å². The number of ether oxygens (including phenoxy) is 2. The summed E-state index contributed by atoms with van der Waals surface area (Å²) < 4.78 is 10.8. The number of nitrogens with zero attached hydrogens (tertiary/aromatic N) is 1. The van der Waals surface area contributed by atoms with Gasteiger partial charge in [-0.05, 0) is 68.2 Å². The minimum Gasteiger partial charge on any atom is -0.444 e. The molecule has 1 atom stereocenters. The van der Waals surface area contributed by atoms with Crippen LogP contribution in [0.4, 0.5) is 9.59 Å². The lowest BCUT2D eigenvalue weighted by Gasteiger charge is -2.45. The van der Waals surface area contributed by atoms with E-state index in [2.05, 4.69) is 5.32 Å². The van der Waals surface area contributed by atoms with Gasteiger partial charge in [-0.2, -0.15) is 0 Å². The second kappa shape index (κ2) is 6.57. The van der Waals surface area contributed by atoms with E-state index in [4.69, 9.17) is 9.47 Å². The summed E-state index contributed by atoms with van der Waals surface area (Å²) in [6, 6.07) is -0.134. The zero-order chi connectivity index (χ0) is 18.1. The molecule has 1 rings (SSSR count). The predicted molar refractivity (Wildman–Crippen MR) is 89.4 cm³/mol. The molecule has 1 heterocycles. The van der Waals surface area contributed by atoms with Crippen molar-refractivity contribution in [2.75, 3.05) is 6.54 Å². The number of rotatable bonds is 1. The van der Waals surface area contributed by atoms with Crippen LogP contribution in [0.2, 0.25) is 0 Å². The van der Waals surface area contributed by atoms with Crippen molar-refractivity contribution >= 4 is 12.2 Å². The largest absolute Gasteiger partial charge is 0.444 e. The van der Waals surface area contributed by atoms with Gasteiger partial charge in [0.2, 0.25) is 0 Å². The molecule has 2 amide bonds. The highest BCUT2D eigenvalue weighted by atomic mass is 16.6. The molecule has 6 nitrogen and oxygen atoms in total. The van der Waals surface area contributed by atoms with Gasteiger partial charge in [-0.1, -0.05) is 0 Å². The fourth-order valence-corrected chi connectivity index (χ4v) is 2.45. The van der Waals surface area contributed by atoms with E-state index in [0.717, 1.165) is 12.8 Å². The highest BCUT2D eigenvalue weighted by Gasteiger charge is 2.40. The summed E-state index contributed by atoms with van der Waals surface area (Å²) in [5.41, 5.74) is -1.38. The molecular weight excluding hydrogens is 296 g/mol. The number of hydrogen-bond acceptors (Lipinski definition) is 4. The normalized spacial score (nSPS) is 21.6.